The number of hydrogen-bond donors (Lipinski definition) is 1. The highest BCUT2D eigenvalue weighted by atomic mass is 32.2. The summed E-state index contributed by atoms with van der Waals surface area (Å²) in [6.45, 7) is 0. The number of thioether (sulfide) groups is 1. The Kier molecular flexibility index (Phi) is 4.59. The van der Waals surface area contributed by atoms with Gasteiger partial charge >= 0.3 is 0 Å². The highest BCUT2D eigenvalue weighted by Crippen LogP contribution is 2.34. The molecular formula is C17H18N4S. The summed E-state index contributed by atoms with van der Waals surface area (Å²) in [4.78, 5) is 8.93. The van der Waals surface area contributed by atoms with Gasteiger partial charge in [-0.3, -0.25) is 0 Å². The minimum Gasteiger partial charge on any atom is -0.382 e. The van der Waals surface area contributed by atoms with Gasteiger partial charge in [-0.2, -0.15) is 5.26 Å². The fraction of sp³-hybridized carbons (Fsp3) is 0.353. The average molecular weight is 310 g/mol. The molecule has 2 N–H and O–H groups in total. The van der Waals surface area contributed by atoms with Gasteiger partial charge in [-0.05, 0) is 18.4 Å². The predicted octanol–water partition coefficient (Wildman–Crippen LogP) is 3.56. The van der Waals surface area contributed by atoms with E-state index in [1.807, 2.05) is 30.3 Å². The zero-order valence-electron chi connectivity index (χ0n) is 12.3. The van der Waals surface area contributed by atoms with Gasteiger partial charge in [-0.25, -0.2) is 9.97 Å². The monoisotopic (exact) mass is 310 g/mol. The van der Waals surface area contributed by atoms with Crippen LogP contribution in [0.2, 0.25) is 0 Å². The Bertz CT molecular complexity index is 688. The number of anilines is 1. The van der Waals surface area contributed by atoms with Crippen molar-refractivity contribution >= 4 is 17.6 Å². The molecule has 1 aromatic carbocycles. The number of nitriles is 1. The van der Waals surface area contributed by atoms with Crippen LogP contribution in [0.3, 0.4) is 0 Å². The molecule has 0 saturated heterocycles. The van der Waals surface area contributed by atoms with Crippen molar-refractivity contribution in [2.75, 3.05) is 5.73 Å². The van der Waals surface area contributed by atoms with Crippen LogP contribution >= 0.6 is 11.8 Å². The first-order chi connectivity index (χ1) is 10.8. The molecule has 0 spiro atoms. The van der Waals surface area contributed by atoms with Gasteiger partial charge in [0, 0.05) is 11.7 Å². The van der Waals surface area contributed by atoms with Crippen molar-refractivity contribution < 1.29 is 0 Å². The second kappa shape index (κ2) is 6.80. The Hall–Kier alpha value is -2.06. The molecule has 112 valence electrons. The van der Waals surface area contributed by atoms with Crippen LogP contribution in [0, 0.1) is 11.3 Å². The average Bonchev–Trinajstić information content (AvgIpc) is 3.01. The second-order valence-electron chi connectivity index (χ2n) is 5.51. The van der Waals surface area contributed by atoms with Crippen molar-refractivity contribution in [2.24, 2.45) is 0 Å². The topological polar surface area (TPSA) is 75.6 Å². The van der Waals surface area contributed by atoms with Crippen LogP contribution in [0.1, 0.15) is 42.5 Å². The molecule has 0 unspecified atom stereocenters. The van der Waals surface area contributed by atoms with Crippen LogP contribution in [0.5, 0.6) is 0 Å². The van der Waals surface area contributed by atoms with Crippen molar-refractivity contribution in [3.8, 4) is 6.07 Å². The third-order valence-electron chi connectivity index (χ3n) is 3.89. The maximum Gasteiger partial charge on any atom is 0.190 e. The number of benzene rings is 1. The van der Waals surface area contributed by atoms with Crippen LogP contribution in [-0.2, 0) is 6.42 Å². The maximum absolute atomic E-state index is 9.34. The molecule has 5 heteroatoms. The highest BCUT2D eigenvalue weighted by Gasteiger charge is 2.20. The summed E-state index contributed by atoms with van der Waals surface area (Å²) in [7, 11) is 0. The first-order valence-electron chi connectivity index (χ1n) is 7.53. The molecule has 1 aliphatic carbocycles. The normalized spacial score (nSPS) is 14.9. The number of nitrogen functional groups attached to an aromatic ring is 1. The van der Waals surface area contributed by atoms with E-state index in [4.69, 9.17) is 5.73 Å². The lowest BCUT2D eigenvalue weighted by molar-refractivity contribution is 0.866. The first-order valence-corrected chi connectivity index (χ1v) is 8.41. The molecule has 4 nitrogen and oxygen atoms in total. The minimum absolute atomic E-state index is 0.295. The fourth-order valence-electron chi connectivity index (χ4n) is 2.75. The van der Waals surface area contributed by atoms with Gasteiger partial charge in [0.2, 0.25) is 0 Å². The number of hydrogen-bond acceptors (Lipinski definition) is 5. The van der Waals surface area contributed by atoms with E-state index in [1.165, 1.54) is 25.7 Å². The lowest BCUT2D eigenvalue weighted by atomic mass is 10.1. The molecule has 1 saturated carbocycles. The summed E-state index contributed by atoms with van der Waals surface area (Å²) in [5.41, 5.74) is 8.22. The molecule has 0 amide bonds. The molecule has 22 heavy (non-hydrogen) atoms. The zero-order chi connectivity index (χ0) is 15.4. The number of nitrogens with two attached hydrogens (primary N) is 1. The first kappa shape index (κ1) is 14.9. The summed E-state index contributed by atoms with van der Waals surface area (Å²) < 4.78 is 0. The van der Waals surface area contributed by atoms with Gasteiger partial charge < -0.3 is 5.73 Å². The van der Waals surface area contributed by atoms with Crippen LogP contribution in [0.15, 0.2) is 35.5 Å². The van der Waals surface area contributed by atoms with Gasteiger partial charge in [0.25, 0.3) is 0 Å². The summed E-state index contributed by atoms with van der Waals surface area (Å²) in [6.07, 6.45) is 5.58. The Morgan fingerprint density at radius 2 is 1.91 bits per heavy atom. The van der Waals surface area contributed by atoms with Crippen LogP contribution < -0.4 is 5.73 Å². The molecule has 1 heterocycles. The molecule has 2 aromatic rings. The Morgan fingerprint density at radius 3 is 2.59 bits per heavy atom. The lowest BCUT2D eigenvalue weighted by Crippen LogP contribution is -2.07. The lowest BCUT2D eigenvalue weighted by Gasteiger charge is -2.11. The van der Waals surface area contributed by atoms with E-state index >= 15 is 0 Å². The molecule has 0 atom stereocenters. The third-order valence-corrected chi connectivity index (χ3v) is 5.09. The number of aromatic nitrogens is 2. The van der Waals surface area contributed by atoms with E-state index in [-0.39, 0.29) is 0 Å². The van der Waals surface area contributed by atoms with E-state index < -0.39 is 0 Å². The molecule has 0 bridgehead atoms. The Balaban J connectivity index is 1.89. The smallest absolute Gasteiger partial charge is 0.190 e. The zero-order valence-corrected chi connectivity index (χ0v) is 13.1. The predicted molar refractivity (Wildman–Crippen MR) is 88.5 cm³/mol. The van der Waals surface area contributed by atoms with Crippen LogP contribution in [0.4, 0.5) is 5.82 Å². The van der Waals surface area contributed by atoms with E-state index in [9.17, 15) is 5.26 Å². The number of nitrogens with zero attached hydrogens (tertiary/aromatic N) is 3. The molecule has 3 rings (SSSR count). The van der Waals surface area contributed by atoms with E-state index in [0.29, 0.717) is 28.2 Å². The molecular weight excluding hydrogens is 292 g/mol. The van der Waals surface area contributed by atoms with Crippen LogP contribution in [0.25, 0.3) is 0 Å². The van der Waals surface area contributed by atoms with E-state index in [1.54, 1.807) is 11.8 Å². The van der Waals surface area contributed by atoms with Crippen molar-refractivity contribution in [1.29, 1.82) is 5.26 Å². The van der Waals surface area contributed by atoms with Crippen molar-refractivity contribution in [2.45, 2.75) is 42.5 Å². The van der Waals surface area contributed by atoms with Gasteiger partial charge in [0.05, 0.1) is 5.69 Å². The molecule has 1 fully saturated rings. The van der Waals surface area contributed by atoms with Gasteiger partial charge in [0.1, 0.15) is 17.5 Å². The largest absolute Gasteiger partial charge is 0.382 e. The fourth-order valence-corrected chi connectivity index (χ4v) is 3.93. The van der Waals surface area contributed by atoms with E-state index in [0.717, 1.165) is 11.3 Å². The minimum atomic E-state index is 0.295. The van der Waals surface area contributed by atoms with E-state index in [2.05, 4.69) is 16.0 Å². The second-order valence-corrected chi connectivity index (χ2v) is 6.78. The Morgan fingerprint density at radius 1 is 1.18 bits per heavy atom. The number of rotatable bonds is 4. The highest BCUT2D eigenvalue weighted by molar-refractivity contribution is 7.99. The molecule has 0 aliphatic heterocycles. The van der Waals surface area contributed by atoms with Crippen LogP contribution in [-0.4, -0.2) is 15.2 Å². The van der Waals surface area contributed by atoms with Crippen molar-refractivity contribution in [3.05, 3.63) is 47.2 Å². The Labute approximate surface area is 134 Å². The summed E-state index contributed by atoms with van der Waals surface area (Å²) in [6, 6.07) is 12.2. The molecule has 1 aromatic heterocycles. The quantitative estimate of drug-likeness (QED) is 0.874. The SMILES string of the molecule is N#Cc1c(N)nc(SC2CCCC2)nc1Cc1ccccc1. The standard InChI is InChI=1S/C17H18N4S/c18-11-14-15(10-12-6-2-1-3-7-12)20-17(21-16(14)19)22-13-8-4-5-9-13/h1-3,6-7,13H,4-5,8-10H2,(H2,19,20,21). The summed E-state index contributed by atoms with van der Waals surface area (Å²) >= 11 is 1.70. The maximum atomic E-state index is 9.34. The molecule has 1 aliphatic rings. The van der Waals surface area contributed by atoms with Crippen molar-refractivity contribution in [1.82, 2.24) is 9.97 Å². The van der Waals surface area contributed by atoms with Gasteiger partial charge in [-0.15, -0.1) is 0 Å². The van der Waals surface area contributed by atoms with Gasteiger partial charge in [-0.1, -0.05) is 54.9 Å². The third kappa shape index (κ3) is 3.40. The molecule has 0 radical (unpaired) electrons. The van der Waals surface area contributed by atoms with Crippen molar-refractivity contribution in [3.63, 3.8) is 0 Å². The summed E-state index contributed by atoms with van der Waals surface area (Å²) in [5.74, 6) is 0.295. The summed E-state index contributed by atoms with van der Waals surface area (Å²) in [5, 5.41) is 10.6. The van der Waals surface area contributed by atoms with Gasteiger partial charge in [0.15, 0.2) is 5.16 Å².